The van der Waals surface area contributed by atoms with Crippen LogP contribution in [0.5, 0.6) is 0 Å². The summed E-state index contributed by atoms with van der Waals surface area (Å²) in [5.74, 6) is 3.76. The molecule has 20 heavy (non-hydrogen) atoms. The zero-order valence-electron chi connectivity index (χ0n) is 10.5. The summed E-state index contributed by atoms with van der Waals surface area (Å²) < 4.78 is 26.1. The van der Waals surface area contributed by atoms with E-state index in [1.165, 1.54) is 6.07 Å². The zero-order chi connectivity index (χ0) is 14.7. The molecule has 3 nitrogen and oxygen atoms in total. The number of hydrazine groups is 1. The van der Waals surface area contributed by atoms with E-state index in [0.29, 0.717) is 22.7 Å². The third kappa shape index (κ3) is 3.25. The molecular weight excluding hydrogens is 284 g/mol. The van der Waals surface area contributed by atoms with Gasteiger partial charge in [-0.25, -0.2) is 8.78 Å². The highest BCUT2D eigenvalue weighted by Gasteiger charge is 2.15. The first-order valence-corrected chi connectivity index (χ1v) is 6.34. The van der Waals surface area contributed by atoms with Crippen LogP contribution in [0.3, 0.4) is 0 Å². The summed E-state index contributed by atoms with van der Waals surface area (Å²) in [6.45, 7) is 0. The number of anilines is 1. The Balaban J connectivity index is 2.26. The molecule has 1 unspecified atom stereocenters. The number of hydrogen-bond acceptors (Lipinski definition) is 3. The fourth-order valence-corrected chi connectivity index (χ4v) is 2.20. The molecule has 0 amide bonds. The van der Waals surface area contributed by atoms with Gasteiger partial charge in [0.05, 0.1) is 6.04 Å². The minimum absolute atomic E-state index is 0.322. The van der Waals surface area contributed by atoms with Crippen LogP contribution >= 0.6 is 11.6 Å². The standard InChI is InChI=1S/C14H14ClF2N3/c15-9-2-3-10(13(18)7-9)14(20-19)6-8-1-4-11(16)12(17)5-8/h1-5,7,14,20H,6,18-19H2. The second kappa shape index (κ2) is 6.17. The third-order valence-electron chi connectivity index (χ3n) is 3.05. The van der Waals surface area contributed by atoms with Gasteiger partial charge in [0.1, 0.15) is 0 Å². The summed E-state index contributed by atoms with van der Waals surface area (Å²) in [5.41, 5.74) is 10.4. The fourth-order valence-electron chi connectivity index (χ4n) is 2.02. The monoisotopic (exact) mass is 297 g/mol. The van der Waals surface area contributed by atoms with Crippen molar-refractivity contribution in [2.24, 2.45) is 5.84 Å². The van der Waals surface area contributed by atoms with Gasteiger partial charge in [-0.05, 0) is 41.8 Å². The Hall–Kier alpha value is -1.69. The van der Waals surface area contributed by atoms with Crippen LogP contribution in [0.15, 0.2) is 36.4 Å². The van der Waals surface area contributed by atoms with Crippen molar-refractivity contribution in [1.82, 2.24) is 5.43 Å². The topological polar surface area (TPSA) is 64.1 Å². The Morgan fingerprint density at radius 2 is 1.85 bits per heavy atom. The summed E-state index contributed by atoms with van der Waals surface area (Å²) in [4.78, 5) is 0. The quantitative estimate of drug-likeness (QED) is 0.462. The Bertz CT molecular complexity index is 619. The fraction of sp³-hybridized carbons (Fsp3) is 0.143. The molecule has 0 aliphatic rings. The van der Waals surface area contributed by atoms with Crippen LogP contribution in [-0.4, -0.2) is 0 Å². The number of rotatable bonds is 4. The summed E-state index contributed by atoms with van der Waals surface area (Å²) in [7, 11) is 0. The molecule has 5 N–H and O–H groups in total. The molecule has 0 saturated carbocycles. The van der Waals surface area contributed by atoms with Crippen molar-refractivity contribution < 1.29 is 8.78 Å². The van der Waals surface area contributed by atoms with E-state index in [4.69, 9.17) is 23.2 Å². The molecule has 0 spiro atoms. The van der Waals surface area contributed by atoms with Gasteiger partial charge < -0.3 is 5.73 Å². The minimum Gasteiger partial charge on any atom is -0.398 e. The number of nitrogen functional groups attached to an aromatic ring is 1. The van der Waals surface area contributed by atoms with Gasteiger partial charge in [-0.1, -0.05) is 23.7 Å². The molecular formula is C14H14ClF2N3. The molecule has 6 heteroatoms. The van der Waals surface area contributed by atoms with Gasteiger partial charge in [0.2, 0.25) is 0 Å². The molecule has 0 heterocycles. The summed E-state index contributed by atoms with van der Waals surface area (Å²) in [6, 6.07) is 8.48. The second-order valence-electron chi connectivity index (χ2n) is 4.45. The van der Waals surface area contributed by atoms with Gasteiger partial charge in [0.15, 0.2) is 11.6 Å². The normalized spacial score (nSPS) is 12.4. The lowest BCUT2D eigenvalue weighted by atomic mass is 9.98. The summed E-state index contributed by atoms with van der Waals surface area (Å²) in [6.07, 6.45) is 0.375. The Morgan fingerprint density at radius 3 is 2.45 bits per heavy atom. The largest absolute Gasteiger partial charge is 0.398 e. The van der Waals surface area contributed by atoms with Gasteiger partial charge in [0.25, 0.3) is 0 Å². The maximum atomic E-state index is 13.2. The first-order valence-electron chi connectivity index (χ1n) is 5.96. The summed E-state index contributed by atoms with van der Waals surface area (Å²) in [5, 5.41) is 0.523. The zero-order valence-corrected chi connectivity index (χ0v) is 11.3. The van der Waals surface area contributed by atoms with E-state index in [0.717, 1.165) is 17.7 Å². The van der Waals surface area contributed by atoms with Gasteiger partial charge >= 0.3 is 0 Å². The van der Waals surface area contributed by atoms with E-state index in [1.807, 2.05) is 0 Å². The predicted octanol–water partition coefficient (Wildman–Crippen LogP) is 2.95. The van der Waals surface area contributed by atoms with Crippen LogP contribution in [-0.2, 0) is 6.42 Å². The van der Waals surface area contributed by atoms with Gasteiger partial charge in [-0.3, -0.25) is 11.3 Å². The molecule has 0 aliphatic heterocycles. The molecule has 0 aromatic heterocycles. The van der Waals surface area contributed by atoms with Crippen LogP contribution in [0.4, 0.5) is 14.5 Å². The molecule has 0 saturated heterocycles. The van der Waals surface area contributed by atoms with E-state index < -0.39 is 11.6 Å². The minimum atomic E-state index is -0.887. The van der Waals surface area contributed by atoms with Gasteiger partial charge in [-0.2, -0.15) is 0 Å². The Kier molecular flexibility index (Phi) is 4.54. The Labute approximate surface area is 120 Å². The maximum absolute atomic E-state index is 13.2. The lowest BCUT2D eigenvalue weighted by Gasteiger charge is -2.18. The van der Waals surface area contributed by atoms with E-state index in [9.17, 15) is 8.78 Å². The first kappa shape index (κ1) is 14.7. The smallest absolute Gasteiger partial charge is 0.159 e. The predicted molar refractivity (Wildman–Crippen MR) is 76.0 cm³/mol. The molecule has 2 rings (SSSR count). The average molecular weight is 298 g/mol. The number of nitrogens with one attached hydrogen (secondary N) is 1. The highest BCUT2D eigenvalue weighted by atomic mass is 35.5. The van der Waals surface area contributed by atoms with E-state index in [-0.39, 0.29) is 6.04 Å². The van der Waals surface area contributed by atoms with Crippen molar-refractivity contribution in [3.05, 3.63) is 64.2 Å². The highest BCUT2D eigenvalue weighted by Crippen LogP contribution is 2.26. The van der Waals surface area contributed by atoms with Crippen LogP contribution < -0.4 is 17.0 Å². The van der Waals surface area contributed by atoms with Crippen LogP contribution in [0, 0.1) is 11.6 Å². The number of halogens is 3. The lowest BCUT2D eigenvalue weighted by Crippen LogP contribution is -2.30. The number of benzene rings is 2. The first-order chi connectivity index (χ1) is 9.51. The highest BCUT2D eigenvalue weighted by molar-refractivity contribution is 6.30. The lowest BCUT2D eigenvalue weighted by molar-refractivity contribution is 0.502. The van der Waals surface area contributed by atoms with Gasteiger partial charge in [-0.15, -0.1) is 0 Å². The number of hydrogen-bond donors (Lipinski definition) is 3. The van der Waals surface area contributed by atoms with E-state index >= 15 is 0 Å². The van der Waals surface area contributed by atoms with Crippen LogP contribution in [0.1, 0.15) is 17.2 Å². The number of nitrogens with two attached hydrogens (primary N) is 2. The van der Waals surface area contributed by atoms with Crippen LogP contribution in [0.25, 0.3) is 0 Å². The van der Waals surface area contributed by atoms with Crippen molar-refractivity contribution in [1.29, 1.82) is 0 Å². The van der Waals surface area contributed by atoms with E-state index in [1.54, 1.807) is 18.2 Å². The van der Waals surface area contributed by atoms with Crippen molar-refractivity contribution >= 4 is 17.3 Å². The molecule has 2 aromatic rings. The maximum Gasteiger partial charge on any atom is 0.159 e. The third-order valence-corrected chi connectivity index (χ3v) is 3.28. The average Bonchev–Trinajstić information content (AvgIpc) is 2.41. The molecule has 0 radical (unpaired) electrons. The molecule has 2 aromatic carbocycles. The van der Waals surface area contributed by atoms with Crippen molar-refractivity contribution in [3.8, 4) is 0 Å². The molecule has 0 fully saturated rings. The SMILES string of the molecule is NNC(Cc1ccc(F)c(F)c1)c1ccc(Cl)cc1N. The van der Waals surface area contributed by atoms with Crippen molar-refractivity contribution in [2.75, 3.05) is 5.73 Å². The van der Waals surface area contributed by atoms with Gasteiger partial charge in [0, 0.05) is 10.7 Å². The molecule has 0 aliphatic carbocycles. The molecule has 1 atom stereocenters. The van der Waals surface area contributed by atoms with Crippen molar-refractivity contribution in [3.63, 3.8) is 0 Å². The Morgan fingerprint density at radius 1 is 1.10 bits per heavy atom. The molecule has 106 valence electrons. The second-order valence-corrected chi connectivity index (χ2v) is 4.88. The van der Waals surface area contributed by atoms with Crippen molar-refractivity contribution in [2.45, 2.75) is 12.5 Å². The van der Waals surface area contributed by atoms with E-state index in [2.05, 4.69) is 5.43 Å². The summed E-state index contributed by atoms with van der Waals surface area (Å²) >= 11 is 5.84. The van der Waals surface area contributed by atoms with Crippen LogP contribution in [0.2, 0.25) is 5.02 Å². The molecule has 0 bridgehead atoms.